The molecule has 1 heterocycles. The second-order valence-electron chi connectivity index (χ2n) is 3.96. The summed E-state index contributed by atoms with van der Waals surface area (Å²) in [6.45, 7) is 2.11. The lowest BCUT2D eigenvalue weighted by atomic mass is 10.2. The normalized spacial score (nSPS) is 16.7. The Hall–Kier alpha value is -1.24. The van der Waals surface area contributed by atoms with Crippen molar-refractivity contribution < 1.29 is 4.42 Å². The maximum Gasteiger partial charge on any atom is 0.134 e. The summed E-state index contributed by atoms with van der Waals surface area (Å²) in [6, 6.07) is 8.55. The third-order valence-electron chi connectivity index (χ3n) is 2.67. The van der Waals surface area contributed by atoms with Crippen LogP contribution in [-0.2, 0) is 0 Å². The average Bonchev–Trinajstić information content (AvgIpc) is 2.87. The first-order valence-corrected chi connectivity index (χ1v) is 4.83. The summed E-state index contributed by atoms with van der Waals surface area (Å²) in [6.07, 6.45) is 2.61. The first-order valence-electron chi connectivity index (χ1n) is 4.83. The molecular weight excluding hydrogens is 160 g/mol. The van der Waals surface area contributed by atoms with Gasteiger partial charge in [-0.2, -0.15) is 0 Å². The number of aryl methyl sites for hydroxylation is 1. The van der Waals surface area contributed by atoms with E-state index in [4.69, 9.17) is 4.42 Å². The fourth-order valence-corrected chi connectivity index (χ4v) is 1.75. The zero-order valence-electron chi connectivity index (χ0n) is 7.71. The van der Waals surface area contributed by atoms with Crippen LogP contribution in [0.5, 0.6) is 0 Å². The number of benzene rings is 1. The highest BCUT2D eigenvalue weighted by Crippen LogP contribution is 2.42. The Balaban J connectivity index is 2.20. The molecule has 0 aliphatic heterocycles. The van der Waals surface area contributed by atoms with Crippen molar-refractivity contribution in [3.63, 3.8) is 0 Å². The molecule has 0 atom stereocenters. The maximum absolute atomic E-state index is 5.75. The molecule has 1 nitrogen and oxygen atoms in total. The van der Waals surface area contributed by atoms with Gasteiger partial charge in [0.2, 0.25) is 0 Å². The van der Waals surface area contributed by atoms with Crippen LogP contribution in [0.15, 0.2) is 28.7 Å². The van der Waals surface area contributed by atoms with Crippen molar-refractivity contribution in [3.8, 4) is 0 Å². The van der Waals surface area contributed by atoms with E-state index < -0.39 is 0 Å². The molecule has 0 radical (unpaired) electrons. The van der Waals surface area contributed by atoms with Gasteiger partial charge in [-0.1, -0.05) is 11.6 Å². The van der Waals surface area contributed by atoms with Gasteiger partial charge in [-0.15, -0.1) is 0 Å². The number of hydrogen-bond donors (Lipinski definition) is 0. The van der Waals surface area contributed by atoms with Gasteiger partial charge in [-0.25, -0.2) is 0 Å². The SMILES string of the molecule is Cc1ccc2oc(C3CC3)cc2c1. The molecule has 1 aliphatic carbocycles. The van der Waals surface area contributed by atoms with E-state index >= 15 is 0 Å². The highest BCUT2D eigenvalue weighted by Gasteiger charge is 2.26. The molecule has 0 N–H and O–H groups in total. The monoisotopic (exact) mass is 172 g/mol. The van der Waals surface area contributed by atoms with Gasteiger partial charge in [0, 0.05) is 11.3 Å². The average molecular weight is 172 g/mol. The molecule has 1 aromatic heterocycles. The summed E-state index contributed by atoms with van der Waals surface area (Å²) >= 11 is 0. The summed E-state index contributed by atoms with van der Waals surface area (Å²) in [5.74, 6) is 1.90. The lowest BCUT2D eigenvalue weighted by molar-refractivity contribution is 0.552. The topological polar surface area (TPSA) is 13.1 Å². The van der Waals surface area contributed by atoms with Crippen LogP contribution in [0.2, 0.25) is 0 Å². The van der Waals surface area contributed by atoms with Crippen LogP contribution in [0.1, 0.15) is 30.1 Å². The van der Waals surface area contributed by atoms with E-state index in [9.17, 15) is 0 Å². The summed E-state index contributed by atoms with van der Waals surface area (Å²) < 4.78 is 5.75. The van der Waals surface area contributed by atoms with Crippen LogP contribution < -0.4 is 0 Å². The third-order valence-corrected chi connectivity index (χ3v) is 2.67. The van der Waals surface area contributed by atoms with Crippen LogP contribution in [0, 0.1) is 6.92 Å². The van der Waals surface area contributed by atoms with Crippen LogP contribution in [0.4, 0.5) is 0 Å². The van der Waals surface area contributed by atoms with E-state index in [1.165, 1.54) is 29.6 Å². The van der Waals surface area contributed by atoms with E-state index in [1.54, 1.807) is 0 Å². The lowest BCUT2D eigenvalue weighted by Crippen LogP contribution is -1.68. The van der Waals surface area contributed by atoms with Crippen molar-refractivity contribution in [1.29, 1.82) is 0 Å². The van der Waals surface area contributed by atoms with E-state index in [-0.39, 0.29) is 0 Å². The molecule has 0 unspecified atom stereocenters. The van der Waals surface area contributed by atoms with Gasteiger partial charge in [0.05, 0.1) is 0 Å². The van der Waals surface area contributed by atoms with E-state index in [0.29, 0.717) is 5.92 Å². The molecule has 0 bridgehead atoms. The maximum atomic E-state index is 5.75. The van der Waals surface area contributed by atoms with Crippen LogP contribution in [-0.4, -0.2) is 0 Å². The molecule has 1 saturated carbocycles. The van der Waals surface area contributed by atoms with Gasteiger partial charge in [0.1, 0.15) is 11.3 Å². The zero-order chi connectivity index (χ0) is 8.84. The Morgan fingerprint density at radius 3 is 2.85 bits per heavy atom. The molecule has 0 spiro atoms. The van der Waals surface area contributed by atoms with E-state index in [2.05, 4.69) is 31.2 Å². The standard InChI is InChI=1S/C12H12O/c1-8-2-5-11-10(6-8)7-12(13-11)9-3-4-9/h2,5-7,9H,3-4H2,1H3. The zero-order valence-corrected chi connectivity index (χ0v) is 7.71. The van der Waals surface area contributed by atoms with Gasteiger partial charge >= 0.3 is 0 Å². The summed E-state index contributed by atoms with van der Waals surface area (Å²) in [5.41, 5.74) is 2.34. The predicted molar refractivity (Wildman–Crippen MR) is 52.9 cm³/mol. The van der Waals surface area contributed by atoms with Crippen molar-refractivity contribution in [2.24, 2.45) is 0 Å². The minimum atomic E-state index is 0.715. The molecule has 0 saturated heterocycles. The fraction of sp³-hybridized carbons (Fsp3) is 0.333. The molecule has 3 rings (SSSR count). The van der Waals surface area contributed by atoms with E-state index in [1.807, 2.05) is 0 Å². The first kappa shape index (κ1) is 7.19. The molecule has 13 heavy (non-hydrogen) atoms. The molecule has 1 fully saturated rings. The van der Waals surface area contributed by atoms with Gasteiger partial charge in [0.15, 0.2) is 0 Å². The Bertz CT molecular complexity index is 449. The Labute approximate surface area is 77.4 Å². The van der Waals surface area contributed by atoms with Crippen molar-refractivity contribution in [3.05, 3.63) is 35.6 Å². The summed E-state index contributed by atoms with van der Waals surface area (Å²) in [5, 5.41) is 1.25. The Morgan fingerprint density at radius 1 is 1.23 bits per heavy atom. The van der Waals surface area contributed by atoms with Crippen LogP contribution >= 0.6 is 0 Å². The van der Waals surface area contributed by atoms with Crippen LogP contribution in [0.25, 0.3) is 11.0 Å². The summed E-state index contributed by atoms with van der Waals surface area (Å²) in [7, 11) is 0. The number of hydrogen-bond acceptors (Lipinski definition) is 1. The van der Waals surface area contributed by atoms with Crippen LogP contribution in [0.3, 0.4) is 0 Å². The highest BCUT2D eigenvalue weighted by atomic mass is 16.3. The Morgan fingerprint density at radius 2 is 2.08 bits per heavy atom. The highest BCUT2D eigenvalue weighted by molar-refractivity contribution is 5.78. The predicted octanol–water partition coefficient (Wildman–Crippen LogP) is 3.62. The molecule has 2 aromatic rings. The molecule has 1 aliphatic rings. The Kier molecular flexibility index (Phi) is 1.32. The van der Waals surface area contributed by atoms with Crippen molar-refractivity contribution >= 4 is 11.0 Å². The second kappa shape index (κ2) is 2.38. The second-order valence-corrected chi connectivity index (χ2v) is 3.96. The smallest absolute Gasteiger partial charge is 0.134 e. The third kappa shape index (κ3) is 1.15. The quantitative estimate of drug-likeness (QED) is 0.640. The van der Waals surface area contributed by atoms with Gasteiger partial charge in [-0.05, 0) is 38.0 Å². The van der Waals surface area contributed by atoms with Crippen molar-refractivity contribution in [2.75, 3.05) is 0 Å². The van der Waals surface area contributed by atoms with Gasteiger partial charge in [0.25, 0.3) is 0 Å². The fourth-order valence-electron chi connectivity index (χ4n) is 1.75. The first-order chi connectivity index (χ1) is 6.33. The van der Waals surface area contributed by atoms with Gasteiger partial charge < -0.3 is 4.42 Å². The van der Waals surface area contributed by atoms with Gasteiger partial charge in [-0.3, -0.25) is 0 Å². The minimum Gasteiger partial charge on any atom is -0.461 e. The molecule has 1 heteroatoms. The lowest BCUT2D eigenvalue weighted by Gasteiger charge is -1.89. The largest absolute Gasteiger partial charge is 0.461 e. The molecule has 1 aromatic carbocycles. The number of furan rings is 1. The van der Waals surface area contributed by atoms with Crippen molar-refractivity contribution in [2.45, 2.75) is 25.7 Å². The summed E-state index contributed by atoms with van der Waals surface area (Å²) in [4.78, 5) is 0. The van der Waals surface area contributed by atoms with Crippen molar-refractivity contribution in [1.82, 2.24) is 0 Å². The molecule has 66 valence electrons. The minimum absolute atomic E-state index is 0.715. The number of fused-ring (bicyclic) bond motifs is 1. The number of rotatable bonds is 1. The van der Waals surface area contributed by atoms with E-state index in [0.717, 1.165) is 5.58 Å². The molecule has 0 amide bonds. The molecular formula is C12H12O.